The molecule has 0 radical (unpaired) electrons. The molecule has 0 aliphatic heterocycles. The van der Waals surface area contributed by atoms with Crippen molar-refractivity contribution in [2.24, 2.45) is 0 Å². The summed E-state index contributed by atoms with van der Waals surface area (Å²) in [6, 6.07) is 0. The molecule has 0 amide bonds. The molecule has 0 unspecified atom stereocenters. The van der Waals surface area contributed by atoms with Gasteiger partial charge in [0.05, 0.1) is 0 Å². The van der Waals surface area contributed by atoms with Gasteiger partial charge in [0.15, 0.2) is 0 Å². The Hall–Kier alpha value is 0.910. The first-order valence-corrected chi connectivity index (χ1v) is 5.84. The number of hydrogen-bond acceptors (Lipinski definition) is 0. The van der Waals surface area contributed by atoms with Crippen LogP contribution in [0.5, 0.6) is 0 Å². The standard InChI is InChI=1S/C7H17P.BrH/c1-4-5-6-7-8(2)3;/h4-7H2,1-3H3;1H. The predicted octanol–water partition coefficient (Wildman–Crippen LogP) is 3.50. The molecule has 0 atom stereocenters. The van der Waals surface area contributed by atoms with Crippen molar-refractivity contribution >= 4 is 24.9 Å². The summed E-state index contributed by atoms with van der Waals surface area (Å²) < 4.78 is 0. The second-order valence-electron chi connectivity index (χ2n) is 2.51. The lowest BCUT2D eigenvalue weighted by atomic mass is 10.3. The molecule has 0 heterocycles. The number of hydrogen-bond donors (Lipinski definition) is 0. The molecule has 0 aliphatic carbocycles. The Labute approximate surface area is 70.9 Å². The lowest BCUT2D eigenvalue weighted by Gasteiger charge is -2.01. The maximum absolute atomic E-state index is 2.35. The van der Waals surface area contributed by atoms with Crippen molar-refractivity contribution in [1.29, 1.82) is 0 Å². The van der Waals surface area contributed by atoms with Gasteiger partial charge >= 0.3 is 0 Å². The van der Waals surface area contributed by atoms with Crippen LogP contribution >= 0.6 is 24.9 Å². The largest absolute Gasteiger partial charge is 0.114 e. The first kappa shape index (κ1) is 12.6. The highest BCUT2D eigenvalue weighted by Crippen LogP contribution is 2.25. The van der Waals surface area contributed by atoms with E-state index in [1.54, 1.807) is 0 Å². The third-order valence-electron chi connectivity index (χ3n) is 1.21. The zero-order chi connectivity index (χ0) is 6.41. The molecule has 0 aromatic carbocycles. The lowest BCUT2D eigenvalue weighted by Crippen LogP contribution is -1.80. The van der Waals surface area contributed by atoms with Crippen LogP contribution in [0.4, 0.5) is 0 Å². The van der Waals surface area contributed by atoms with Crippen LogP contribution in [-0.2, 0) is 0 Å². The first-order chi connectivity index (χ1) is 3.77. The van der Waals surface area contributed by atoms with Gasteiger partial charge in [0.1, 0.15) is 0 Å². The molecular weight excluding hydrogens is 195 g/mol. The molecule has 0 aromatic heterocycles. The van der Waals surface area contributed by atoms with Crippen molar-refractivity contribution in [2.75, 3.05) is 19.5 Å². The summed E-state index contributed by atoms with van der Waals surface area (Å²) in [5, 5.41) is 0. The lowest BCUT2D eigenvalue weighted by molar-refractivity contribution is 0.776. The van der Waals surface area contributed by atoms with Crippen molar-refractivity contribution in [2.45, 2.75) is 26.2 Å². The zero-order valence-electron chi connectivity index (χ0n) is 6.68. The van der Waals surface area contributed by atoms with Crippen molar-refractivity contribution in [3.63, 3.8) is 0 Å². The minimum atomic E-state index is 0. The molecule has 58 valence electrons. The monoisotopic (exact) mass is 212 g/mol. The van der Waals surface area contributed by atoms with Crippen molar-refractivity contribution in [3.05, 3.63) is 0 Å². The summed E-state index contributed by atoms with van der Waals surface area (Å²) >= 11 is 0. The molecule has 2 heteroatoms. The van der Waals surface area contributed by atoms with E-state index in [0.29, 0.717) is 7.92 Å². The predicted molar refractivity (Wildman–Crippen MR) is 53.5 cm³/mol. The van der Waals surface area contributed by atoms with Crippen LogP contribution in [-0.4, -0.2) is 19.5 Å². The maximum atomic E-state index is 2.35. The Morgan fingerprint density at radius 1 is 1.11 bits per heavy atom. The summed E-state index contributed by atoms with van der Waals surface area (Å²) in [7, 11) is 0.388. The van der Waals surface area contributed by atoms with Crippen LogP contribution in [0, 0.1) is 0 Å². The van der Waals surface area contributed by atoms with E-state index in [1.165, 1.54) is 25.4 Å². The second-order valence-corrected chi connectivity index (χ2v) is 5.12. The van der Waals surface area contributed by atoms with E-state index in [-0.39, 0.29) is 17.0 Å². The molecular formula is C7H18BrP. The summed E-state index contributed by atoms with van der Waals surface area (Å²) in [5.41, 5.74) is 0. The fourth-order valence-corrected chi connectivity index (χ4v) is 1.53. The molecule has 0 nitrogen and oxygen atoms in total. The number of halogens is 1. The highest BCUT2D eigenvalue weighted by molar-refractivity contribution is 8.93. The quantitative estimate of drug-likeness (QED) is 0.495. The van der Waals surface area contributed by atoms with Gasteiger partial charge in [-0.05, 0) is 25.9 Å². The molecule has 0 aliphatic rings. The van der Waals surface area contributed by atoms with E-state index in [9.17, 15) is 0 Å². The third-order valence-corrected chi connectivity index (χ3v) is 2.42. The average molecular weight is 213 g/mol. The third kappa shape index (κ3) is 12.2. The van der Waals surface area contributed by atoms with Crippen LogP contribution in [0.3, 0.4) is 0 Å². The van der Waals surface area contributed by atoms with E-state index in [2.05, 4.69) is 20.3 Å². The Morgan fingerprint density at radius 3 is 2.00 bits per heavy atom. The van der Waals surface area contributed by atoms with E-state index in [0.717, 1.165) is 0 Å². The van der Waals surface area contributed by atoms with Gasteiger partial charge in [-0.3, -0.25) is 0 Å². The Bertz CT molecular complexity index is 46.2. The van der Waals surface area contributed by atoms with Crippen LogP contribution in [0.15, 0.2) is 0 Å². The highest BCUT2D eigenvalue weighted by Gasteiger charge is 1.89. The molecule has 9 heavy (non-hydrogen) atoms. The van der Waals surface area contributed by atoms with Gasteiger partial charge in [0.25, 0.3) is 0 Å². The van der Waals surface area contributed by atoms with Crippen LogP contribution in [0.25, 0.3) is 0 Å². The van der Waals surface area contributed by atoms with E-state index < -0.39 is 0 Å². The molecule has 0 spiro atoms. The molecule has 0 fully saturated rings. The van der Waals surface area contributed by atoms with Gasteiger partial charge in [-0.25, -0.2) is 0 Å². The van der Waals surface area contributed by atoms with Crippen molar-refractivity contribution < 1.29 is 0 Å². The number of unbranched alkanes of at least 4 members (excludes halogenated alkanes) is 2. The second kappa shape index (κ2) is 8.91. The molecule has 0 N–H and O–H groups in total. The SMILES string of the molecule is Br.CCCCCP(C)C. The average Bonchev–Trinajstić information content (AvgIpc) is 1.66. The fourth-order valence-electron chi connectivity index (χ4n) is 0.678. The molecule has 0 saturated heterocycles. The Balaban J connectivity index is 0. The van der Waals surface area contributed by atoms with Crippen LogP contribution < -0.4 is 0 Å². The Morgan fingerprint density at radius 2 is 1.67 bits per heavy atom. The molecule has 0 rings (SSSR count). The topological polar surface area (TPSA) is 0 Å². The number of rotatable bonds is 4. The van der Waals surface area contributed by atoms with Crippen molar-refractivity contribution in [3.8, 4) is 0 Å². The van der Waals surface area contributed by atoms with Crippen molar-refractivity contribution in [1.82, 2.24) is 0 Å². The van der Waals surface area contributed by atoms with Gasteiger partial charge in [-0.1, -0.05) is 19.8 Å². The zero-order valence-corrected chi connectivity index (χ0v) is 9.29. The highest BCUT2D eigenvalue weighted by atomic mass is 79.9. The van der Waals surface area contributed by atoms with E-state index >= 15 is 0 Å². The van der Waals surface area contributed by atoms with Gasteiger partial charge in [-0.2, -0.15) is 0 Å². The fraction of sp³-hybridized carbons (Fsp3) is 1.00. The summed E-state index contributed by atoms with van der Waals surface area (Å²) in [5.74, 6) is 0. The van der Waals surface area contributed by atoms with Gasteiger partial charge in [0, 0.05) is 0 Å². The molecule has 0 saturated carbocycles. The normalized spacial score (nSPS) is 9.33. The summed E-state index contributed by atoms with van der Waals surface area (Å²) in [6.07, 6.45) is 5.72. The van der Waals surface area contributed by atoms with Gasteiger partial charge in [-0.15, -0.1) is 24.9 Å². The van der Waals surface area contributed by atoms with E-state index in [4.69, 9.17) is 0 Å². The minimum Gasteiger partial charge on any atom is -0.114 e. The summed E-state index contributed by atoms with van der Waals surface area (Å²) in [4.78, 5) is 0. The van der Waals surface area contributed by atoms with Gasteiger partial charge in [0.2, 0.25) is 0 Å². The van der Waals surface area contributed by atoms with Gasteiger partial charge < -0.3 is 0 Å². The first-order valence-electron chi connectivity index (χ1n) is 3.42. The van der Waals surface area contributed by atoms with Crippen LogP contribution in [0.2, 0.25) is 0 Å². The smallest absolute Gasteiger partial charge is 0.0331 e. The summed E-state index contributed by atoms with van der Waals surface area (Å²) in [6.45, 7) is 6.96. The molecule has 0 bridgehead atoms. The van der Waals surface area contributed by atoms with Crippen LogP contribution in [0.1, 0.15) is 26.2 Å². The maximum Gasteiger partial charge on any atom is -0.0331 e. The minimum absolute atomic E-state index is 0. The Kier molecular flexibility index (Phi) is 12.4. The van der Waals surface area contributed by atoms with E-state index in [1.807, 2.05) is 0 Å². The molecule has 0 aromatic rings.